The van der Waals surface area contributed by atoms with E-state index in [4.69, 9.17) is 18.9 Å². The van der Waals surface area contributed by atoms with Crippen LogP contribution in [0.5, 0.6) is 23.0 Å². The van der Waals surface area contributed by atoms with E-state index in [0.29, 0.717) is 36.1 Å². The van der Waals surface area contributed by atoms with Crippen LogP contribution in [0.1, 0.15) is 32.3 Å². The second-order valence-corrected chi connectivity index (χ2v) is 6.23. The maximum Gasteiger partial charge on any atom is 0.248 e. The highest BCUT2D eigenvalue weighted by atomic mass is 16.7. The van der Waals surface area contributed by atoms with E-state index in [1.165, 1.54) is 6.08 Å². The SMILES string of the molecule is CCCCOc1ccc(/C=C/C(=O)Nc2ccc3c(c2)OCO3)cc1OCC. The van der Waals surface area contributed by atoms with Gasteiger partial charge in [-0.05, 0) is 49.2 Å². The minimum atomic E-state index is -0.236. The van der Waals surface area contributed by atoms with Gasteiger partial charge in [-0.2, -0.15) is 0 Å². The molecule has 0 saturated carbocycles. The molecule has 28 heavy (non-hydrogen) atoms. The fourth-order valence-corrected chi connectivity index (χ4v) is 2.67. The number of anilines is 1. The van der Waals surface area contributed by atoms with Gasteiger partial charge in [0.05, 0.1) is 13.2 Å². The summed E-state index contributed by atoms with van der Waals surface area (Å²) in [6.07, 6.45) is 5.28. The zero-order valence-corrected chi connectivity index (χ0v) is 16.2. The summed E-state index contributed by atoms with van der Waals surface area (Å²) in [5, 5.41) is 2.81. The Bertz CT molecular complexity index is 847. The molecule has 148 valence electrons. The molecule has 3 rings (SSSR count). The van der Waals surface area contributed by atoms with Crippen LogP contribution in [0.15, 0.2) is 42.5 Å². The summed E-state index contributed by atoms with van der Waals surface area (Å²) in [7, 11) is 0. The topological polar surface area (TPSA) is 66.0 Å². The molecule has 0 fully saturated rings. The van der Waals surface area contributed by atoms with Crippen LogP contribution in [-0.4, -0.2) is 25.9 Å². The quantitative estimate of drug-likeness (QED) is 0.505. The minimum absolute atomic E-state index is 0.201. The van der Waals surface area contributed by atoms with E-state index in [0.717, 1.165) is 24.2 Å². The first-order valence-electron chi connectivity index (χ1n) is 9.48. The molecule has 0 saturated heterocycles. The molecule has 2 aromatic rings. The summed E-state index contributed by atoms with van der Waals surface area (Å²) < 4.78 is 22.0. The first-order chi connectivity index (χ1) is 13.7. The predicted molar refractivity (Wildman–Crippen MR) is 108 cm³/mol. The van der Waals surface area contributed by atoms with Crippen LogP contribution in [0.3, 0.4) is 0 Å². The van der Waals surface area contributed by atoms with E-state index in [9.17, 15) is 4.79 Å². The summed E-state index contributed by atoms with van der Waals surface area (Å²) in [4.78, 5) is 12.2. The van der Waals surface area contributed by atoms with Crippen LogP contribution < -0.4 is 24.3 Å². The van der Waals surface area contributed by atoms with Gasteiger partial charge < -0.3 is 24.3 Å². The van der Waals surface area contributed by atoms with Crippen molar-refractivity contribution < 1.29 is 23.7 Å². The highest BCUT2D eigenvalue weighted by Crippen LogP contribution is 2.34. The summed E-state index contributed by atoms with van der Waals surface area (Å²) in [6.45, 7) is 5.45. The molecule has 0 atom stereocenters. The highest BCUT2D eigenvalue weighted by Gasteiger charge is 2.13. The Labute approximate surface area is 165 Å². The monoisotopic (exact) mass is 383 g/mol. The van der Waals surface area contributed by atoms with Gasteiger partial charge in [-0.15, -0.1) is 0 Å². The van der Waals surface area contributed by atoms with Crippen molar-refractivity contribution in [2.45, 2.75) is 26.7 Å². The second-order valence-electron chi connectivity index (χ2n) is 6.23. The summed E-state index contributed by atoms with van der Waals surface area (Å²) >= 11 is 0. The Hall–Kier alpha value is -3.15. The predicted octanol–water partition coefficient (Wildman–Crippen LogP) is 4.64. The lowest BCUT2D eigenvalue weighted by Gasteiger charge is -2.12. The van der Waals surface area contributed by atoms with Gasteiger partial charge in [-0.25, -0.2) is 0 Å². The number of carbonyl (C=O) groups excluding carboxylic acids is 1. The van der Waals surface area contributed by atoms with E-state index >= 15 is 0 Å². The molecular weight excluding hydrogens is 358 g/mol. The Morgan fingerprint density at radius 2 is 1.93 bits per heavy atom. The van der Waals surface area contributed by atoms with Crippen molar-refractivity contribution in [2.75, 3.05) is 25.3 Å². The molecular formula is C22H25NO5. The van der Waals surface area contributed by atoms with Gasteiger partial charge >= 0.3 is 0 Å². The number of nitrogens with one attached hydrogen (secondary N) is 1. The smallest absolute Gasteiger partial charge is 0.248 e. The largest absolute Gasteiger partial charge is 0.490 e. The zero-order chi connectivity index (χ0) is 19.8. The molecule has 0 unspecified atom stereocenters. The number of rotatable bonds is 9. The van der Waals surface area contributed by atoms with Crippen molar-refractivity contribution in [1.29, 1.82) is 0 Å². The third-order valence-electron chi connectivity index (χ3n) is 4.09. The fraction of sp³-hybridized carbons (Fsp3) is 0.318. The number of hydrogen-bond acceptors (Lipinski definition) is 5. The van der Waals surface area contributed by atoms with Crippen LogP contribution in [0, 0.1) is 0 Å². The van der Waals surface area contributed by atoms with Crippen LogP contribution in [0.2, 0.25) is 0 Å². The Kier molecular flexibility index (Phi) is 6.78. The van der Waals surface area contributed by atoms with E-state index in [1.54, 1.807) is 24.3 Å². The molecule has 1 aliphatic rings. The maximum absolute atomic E-state index is 12.2. The average Bonchev–Trinajstić information content (AvgIpc) is 3.16. The number of hydrogen-bond donors (Lipinski definition) is 1. The summed E-state index contributed by atoms with van der Waals surface area (Å²) in [5.74, 6) is 2.47. The number of unbranched alkanes of at least 4 members (excludes halogenated alkanes) is 1. The number of carbonyl (C=O) groups is 1. The lowest BCUT2D eigenvalue weighted by Crippen LogP contribution is -2.07. The average molecular weight is 383 g/mol. The van der Waals surface area contributed by atoms with E-state index in [-0.39, 0.29) is 12.7 Å². The second kappa shape index (κ2) is 9.69. The standard InChI is InChI=1S/C22H25NO5/c1-3-5-12-26-18-9-6-16(13-20(18)25-4-2)7-11-22(24)23-17-8-10-19-21(14-17)28-15-27-19/h6-11,13-14H,3-5,12,15H2,1-2H3,(H,23,24)/b11-7+. The van der Waals surface area contributed by atoms with Crippen molar-refractivity contribution in [3.05, 3.63) is 48.0 Å². The van der Waals surface area contributed by atoms with Crippen LogP contribution in [0.25, 0.3) is 6.08 Å². The van der Waals surface area contributed by atoms with Crippen LogP contribution >= 0.6 is 0 Å². The molecule has 1 N–H and O–H groups in total. The van der Waals surface area contributed by atoms with Gasteiger partial charge in [0.2, 0.25) is 12.7 Å². The van der Waals surface area contributed by atoms with E-state index in [2.05, 4.69) is 12.2 Å². The van der Waals surface area contributed by atoms with Gasteiger partial charge in [0.15, 0.2) is 23.0 Å². The maximum atomic E-state index is 12.2. The van der Waals surface area contributed by atoms with Crippen molar-refractivity contribution >= 4 is 17.7 Å². The molecule has 1 aliphatic heterocycles. The lowest BCUT2D eigenvalue weighted by molar-refractivity contribution is -0.111. The number of fused-ring (bicyclic) bond motifs is 1. The van der Waals surface area contributed by atoms with Crippen molar-refractivity contribution in [2.24, 2.45) is 0 Å². The van der Waals surface area contributed by atoms with Gasteiger partial charge in [-0.1, -0.05) is 19.4 Å². The molecule has 1 amide bonds. The molecule has 0 bridgehead atoms. The molecule has 6 heteroatoms. The van der Waals surface area contributed by atoms with Crippen LogP contribution in [-0.2, 0) is 4.79 Å². The highest BCUT2D eigenvalue weighted by molar-refractivity contribution is 6.02. The van der Waals surface area contributed by atoms with E-state index < -0.39 is 0 Å². The van der Waals surface area contributed by atoms with Crippen molar-refractivity contribution in [3.8, 4) is 23.0 Å². The molecule has 2 aromatic carbocycles. The van der Waals surface area contributed by atoms with Crippen molar-refractivity contribution in [3.63, 3.8) is 0 Å². The molecule has 0 spiro atoms. The summed E-state index contributed by atoms with van der Waals surface area (Å²) in [5.41, 5.74) is 1.50. The normalized spacial score (nSPS) is 12.2. The molecule has 0 aromatic heterocycles. The zero-order valence-electron chi connectivity index (χ0n) is 16.2. The summed E-state index contributed by atoms with van der Waals surface area (Å²) in [6, 6.07) is 10.9. The number of amides is 1. The third kappa shape index (κ3) is 5.19. The fourth-order valence-electron chi connectivity index (χ4n) is 2.67. The Balaban J connectivity index is 1.63. The van der Waals surface area contributed by atoms with Gasteiger partial charge in [0.25, 0.3) is 0 Å². The lowest BCUT2D eigenvalue weighted by atomic mass is 10.2. The first-order valence-corrected chi connectivity index (χ1v) is 9.48. The number of ether oxygens (including phenoxy) is 4. The van der Waals surface area contributed by atoms with Crippen LogP contribution in [0.4, 0.5) is 5.69 Å². The molecule has 6 nitrogen and oxygen atoms in total. The first kappa shape index (κ1) is 19.6. The van der Waals surface area contributed by atoms with E-state index in [1.807, 2.05) is 25.1 Å². The Morgan fingerprint density at radius 3 is 2.75 bits per heavy atom. The number of benzene rings is 2. The minimum Gasteiger partial charge on any atom is -0.490 e. The molecule has 0 radical (unpaired) electrons. The van der Waals surface area contributed by atoms with Crippen molar-refractivity contribution in [1.82, 2.24) is 0 Å². The third-order valence-corrected chi connectivity index (χ3v) is 4.09. The molecule has 0 aliphatic carbocycles. The van der Waals surface area contributed by atoms with Gasteiger partial charge in [0, 0.05) is 17.8 Å². The van der Waals surface area contributed by atoms with Gasteiger partial charge in [-0.3, -0.25) is 4.79 Å². The van der Waals surface area contributed by atoms with Gasteiger partial charge in [0.1, 0.15) is 0 Å². The Morgan fingerprint density at radius 1 is 1.07 bits per heavy atom. The molecule has 1 heterocycles.